The fraction of sp³-hybridized carbons (Fsp3) is 0. The van der Waals surface area contributed by atoms with Gasteiger partial charge in [0.15, 0.2) is 0 Å². The Morgan fingerprint density at radius 2 is 1.70 bits per heavy atom. The molecule has 0 fully saturated rings. The predicted molar refractivity (Wildman–Crippen MR) is 82.8 cm³/mol. The minimum absolute atomic E-state index is 0.0142. The van der Waals surface area contributed by atoms with Crippen LogP contribution in [0.2, 0.25) is 5.02 Å². The summed E-state index contributed by atoms with van der Waals surface area (Å²) in [5.74, 6) is -0.640. The van der Waals surface area contributed by atoms with Crippen molar-refractivity contribution in [1.29, 1.82) is 0 Å². The zero-order valence-corrected chi connectivity index (χ0v) is 12.9. The molecule has 2 aromatic carbocycles. The number of fused-ring (bicyclic) bond motifs is 1. The Bertz CT molecular complexity index is 1130. The van der Waals surface area contributed by atoms with Crippen molar-refractivity contribution < 1.29 is 12.8 Å². The number of aromatic nitrogens is 2. The second-order valence-electron chi connectivity index (χ2n) is 4.65. The van der Waals surface area contributed by atoms with E-state index in [1.807, 2.05) is 0 Å². The van der Waals surface area contributed by atoms with Gasteiger partial charge in [-0.25, -0.2) is 17.6 Å². The lowest BCUT2D eigenvalue weighted by molar-refractivity contribution is 0.581. The minimum atomic E-state index is -4.46. The van der Waals surface area contributed by atoms with E-state index in [1.54, 1.807) is 0 Å². The standard InChI is InChI=1S/C14H8ClFN2O4S/c15-8-1-6-11-12(7-8)17-14(20)18(13(11)19)23(21,22)10-4-2-9(16)3-5-10/h1-7H,(H,17,20). The van der Waals surface area contributed by atoms with Gasteiger partial charge in [-0.1, -0.05) is 11.6 Å². The molecule has 0 spiro atoms. The van der Waals surface area contributed by atoms with Crippen molar-refractivity contribution in [2.24, 2.45) is 0 Å². The monoisotopic (exact) mass is 354 g/mol. The summed E-state index contributed by atoms with van der Waals surface area (Å²) in [5, 5.41) is 0.270. The highest BCUT2D eigenvalue weighted by Gasteiger charge is 2.23. The molecule has 1 N–H and O–H groups in total. The molecule has 1 aromatic heterocycles. The summed E-state index contributed by atoms with van der Waals surface area (Å²) in [5.41, 5.74) is -2.02. The predicted octanol–water partition coefficient (Wildman–Crippen LogP) is 1.72. The number of hydrogen-bond donors (Lipinski definition) is 1. The second kappa shape index (κ2) is 5.32. The lowest BCUT2D eigenvalue weighted by atomic mass is 10.2. The summed E-state index contributed by atoms with van der Waals surface area (Å²) in [6, 6.07) is 7.85. The van der Waals surface area contributed by atoms with Gasteiger partial charge < -0.3 is 4.98 Å². The Labute approximate surface area is 133 Å². The van der Waals surface area contributed by atoms with Crippen LogP contribution in [-0.4, -0.2) is 17.4 Å². The number of nitrogens with one attached hydrogen (secondary N) is 1. The van der Waals surface area contributed by atoms with Crippen molar-refractivity contribution in [1.82, 2.24) is 8.96 Å². The second-order valence-corrected chi connectivity index (χ2v) is 6.87. The molecule has 23 heavy (non-hydrogen) atoms. The molecule has 0 saturated heterocycles. The lowest BCUT2D eigenvalue weighted by Crippen LogP contribution is -2.39. The van der Waals surface area contributed by atoms with Crippen molar-refractivity contribution in [3.05, 3.63) is 74.1 Å². The van der Waals surface area contributed by atoms with Crippen molar-refractivity contribution in [2.75, 3.05) is 0 Å². The molecule has 6 nitrogen and oxygen atoms in total. The molecule has 3 aromatic rings. The van der Waals surface area contributed by atoms with Crippen LogP contribution < -0.4 is 11.2 Å². The van der Waals surface area contributed by atoms with Gasteiger partial charge in [0.1, 0.15) is 5.82 Å². The first-order valence-corrected chi connectivity index (χ1v) is 8.08. The number of halogens is 2. The van der Waals surface area contributed by atoms with Gasteiger partial charge in [-0.05, 0) is 42.5 Å². The van der Waals surface area contributed by atoms with Crippen molar-refractivity contribution >= 4 is 32.5 Å². The zero-order chi connectivity index (χ0) is 16.8. The van der Waals surface area contributed by atoms with Crippen LogP contribution in [0.25, 0.3) is 10.9 Å². The Balaban J connectivity index is 2.36. The molecular weight excluding hydrogens is 347 g/mol. The maximum absolute atomic E-state index is 12.9. The van der Waals surface area contributed by atoms with E-state index in [-0.39, 0.29) is 24.8 Å². The molecule has 3 rings (SSSR count). The van der Waals surface area contributed by atoms with Gasteiger partial charge >= 0.3 is 5.69 Å². The summed E-state index contributed by atoms with van der Waals surface area (Å²) in [7, 11) is -4.46. The molecule has 0 aliphatic heterocycles. The summed E-state index contributed by atoms with van der Waals surface area (Å²) >= 11 is 5.78. The molecule has 0 atom stereocenters. The van der Waals surface area contributed by atoms with Gasteiger partial charge in [-0.3, -0.25) is 4.79 Å². The molecule has 0 aliphatic rings. The third-order valence-corrected chi connectivity index (χ3v) is 5.09. The van der Waals surface area contributed by atoms with Crippen molar-refractivity contribution in [3.8, 4) is 0 Å². The van der Waals surface area contributed by atoms with Gasteiger partial charge in [0, 0.05) is 5.02 Å². The Morgan fingerprint density at radius 1 is 1.04 bits per heavy atom. The highest BCUT2D eigenvalue weighted by Crippen LogP contribution is 2.15. The van der Waals surface area contributed by atoms with E-state index in [9.17, 15) is 22.4 Å². The average molecular weight is 355 g/mol. The van der Waals surface area contributed by atoms with E-state index < -0.39 is 27.1 Å². The van der Waals surface area contributed by atoms with E-state index in [1.165, 1.54) is 18.2 Å². The van der Waals surface area contributed by atoms with Gasteiger partial charge in [0.05, 0.1) is 15.8 Å². The van der Waals surface area contributed by atoms with Crippen molar-refractivity contribution in [3.63, 3.8) is 0 Å². The lowest BCUT2D eigenvalue weighted by Gasteiger charge is -2.08. The molecule has 0 saturated carbocycles. The molecule has 1 heterocycles. The van der Waals surface area contributed by atoms with E-state index >= 15 is 0 Å². The van der Waals surface area contributed by atoms with Crippen LogP contribution >= 0.6 is 11.6 Å². The first-order valence-electron chi connectivity index (χ1n) is 6.26. The molecule has 0 bridgehead atoms. The number of benzene rings is 2. The number of aromatic amines is 1. The van der Waals surface area contributed by atoms with Gasteiger partial charge in [0.25, 0.3) is 15.6 Å². The summed E-state index contributed by atoms with van der Waals surface area (Å²) in [6.07, 6.45) is 0. The molecule has 0 amide bonds. The van der Waals surface area contributed by atoms with Crippen LogP contribution in [-0.2, 0) is 10.0 Å². The van der Waals surface area contributed by atoms with Crippen LogP contribution in [0.1, 0.15) is 0 Å². The van der Waals surface area contributed by atoms with E-state index in [4.69, 9.17) is 11.6 Å². The number of rotatable bonds is 2. The summed E-state index contributed by atoms with van der Waals surface area (Å²) in [4.78, 5) is 26.4. The first-order chi connectivity index (χ1) is 10.8. The minimum Gasteiger partial charge on any atom is -0.306 e. The van der Waals surface area contributed by atoms with Crippen LogP contribution in [0.5, 0.6) is 0 Å². The summed E-state index contributed by atoms with van der Waals surface area (Å²) < 4.78 is 38.0. The van der Waals surface area contributed by atoms with Crippen LogP contribution in [0.4, 0.5) is 4.39 Å². The van der Waals surface area contributed by atoms with Crippen molar-refractivity contribution in [2.45, 2.75) is 4.90 Å². The van der Waals surface area contributed by atoms with Gasteiger partial charge in [-0.15, -0.1) is 3.97 Å². The molecular formula is C14H8ClFN2O4S. The largest absolute Gasteiger partial charge is 0.343 e. The normalized spacial score (nSPS) is 11.7. The smallest absolute Gasteiger partial charge is 0.306 e. The number of nitrogens with zero attached hydrogens (tertiary/aromatic N) is 1. The molecule has 118 valence electrons. The topological polar surface area (TPSA) is 89.0 Å². The Hall–Kier alpha value is -2.45. The highest BCUT2D eigenvalue weighted by atomic mass is 35.5. The molecule has 0 unspecified atom stereocenters. The van der Waals surface area contributed by atoms with E-state index in [0.717, 1.165) is 24.3 Å². The molecule has 9 heteroatoms. The third-order valence-electron chi connectivity index (χ3n) is 3.17. The van der Waals surface area contributed by atoms with Crippen LogP contribution in [0, 0.1) is 5.82 Å². The van der Waals surface area contributed by atoms with Gasteiger partial charge in [-0.2, -0.15) is 0 Å². The maximum atomic E-state index is 12.9. The quantitative estimate of drug-likeness (QED) is 0.758. The SMILES string of the molecule is O=c1[nH]c2cc(Cl)ccc2c(=O)n1S(=O)(=O)c1ccc(F)cc1. The van der Waals surface area contributed by atoms with Crippen LogP contribution in [0.15, 0.2) is 56.9 Å². The zero-order valence-electron chi connectivity index (χ0n) is 11.3. The maximum Gasteiger partial charge on any atom is 0.343 e. The fourth-order valence-electron chi connectivity index (χ4n) is 2.10. The Kier molecular flexibility index (Phi) is 3.57. The third kappa shape index (κ3) is 2.55. The highest BCUT2D eigenvalue weighted by molar-refractivity contribution is 7.90. The number of hydrogen-bond acceptors (Lipinski definition) is 4. The average Bonchev–Trinajstić information content (AvgIpc) is 2.46. The fourth-order valence-corrected chi connectivity index (χ4v) is 3.55. The molecule has 0 radical (unpaired) electrons. The Morgan fingerprint density at radius 3 is 2.35 bits per heavy atom. The number of H-pyrrole nitrogens is 1. The van der Waals surface area contributed by atoms with Gasteiger partial charge in [0.2, 0.25) is 0 Å². The van der Waals surface area contributed by atoms with Crippen LogP contribution in [0.3, 0.4) is 0 Å². The van der Waals surface area contributed by atoms with E-state index in [0.29, 0.717) is 0 Å². The molecule has 0 aliphatic carbocycles. The first kappa shape index (κ1) is 15.4. The van der Waals surface area contributed by atoms with E-state index in [2.05, 4.69) is 4.98 Å². The summed E-state index contributed by atoms with van der Waals surface area (Å²) in [6.45, 7) is 0.